The SMILES string of the molecule is CN=C(NCCCn1c(C)nc2ccccc21)NCc1ccnc(Oc2ccc(F)cc2)c1.I. The normalized spacial score (nSPS) is 11.2. The van der Waals surface area contributed by atoms with Crippen molar-refractivity contribution in [2.75, 3.05) is 13.6 Å². The van der Waals surface area contributed by atoms with Gasteiger partial charge in [0.05, 0.1) is 11.0 Å². The molecular weight excluding hydrogens is 546 g/mol. The molecule has 0 aliphatic heterocycles. The number of nitrogens with zero attached hydrogens (tertiary/aromatic N) is 4. The predicted molar refractivity (Wildman–Crippen MR) is 143 cm³/mol. The summed E-state index contributed by atoms with van der Waals surface area (Å²) >= 11 is 0. The van der Waals surface area contributed by atoms with Crippen LogP contribution in [0.2, 0.25) is 0 Å². The molecule has 0 fully saturated rings. The Balaban J connectivity index is 0.00000324. The zero-order chi connectivity index (χ0) is 23.0. The molecule has 4 rings (SSSR count). The molecule has 0 atom stereocenters. The van der Waals surface area contributed by atoms with Crippen LogP contribution < -0.4 is 15.4 Å². The van der Waals surface area contributed by atoms with Crippen LogP contribution in [0.25, 0.3) is 11.0 Å². The molecule has 2 heterocycles. The number of hydrogen-bond acceptors (Lipinski definition) is 4. The minimum absolute atomic E-state index is 0. The quantitative estimate of drug-likeness (QED) is 0.134. The van der Waals surface area contributed by atoms with E-state index in [9.17, 15) is 4.39 Å². The monoisotopic (exact) mass is 574 g/mol. The minimum atomic E-state index is -0.305. The van der Waals surface area contributed by atoms with Crippen LogP contribution in [0, 0.1) is 12.7 Å². The third kappa shape index (κ3) is 6.66. The lowest BCUT2D eigenvalue weighted by molar-refractivity contribution is 0.460. The fourth-order valence-electron chi connectivity index (χ4n) is 3.57. The molecule has 4 aromatic rings. The van der Waals surface area contributed by atoms with E-state index in [0.29, 0.717) is 18.2 Å². The van der Waals surface area contributed by atoms with Gasteiger partial charge in [-0.15, -0.1) is 24.0 Å². The van der Waals surface area contributed by atoms with E-state index in [-0.39, 0.29) is 29.8 Å². The van der Waals surface area contributed by atoms with Crippen LogP contribution in [0.15, 0.2) is 71.9 Å². The van der Waals surface area contributed by atoms with Gasteiger partial charge in [-0.25, -0.2) is 14.4 Å². The van der Waals surface area contributed by atoms with E-state index in [2.05, 4.69) is 36.2 Å². The van der Waals surface area contributed by atoms with Gasteiger partial charge in [-0.1, -0.05) is 12.1 Å². The van der Waals surface area contributed by atoms with Gasteiger partial charge in [0.25, 0.3) is 0 Å². The Labute approximate surface area is 215 Å². The lowest BCUT2D eigenvalue weighted by Crippen LogP contribution is -2.37. The van der Waals surface area contributed by atoms with Crippen molar-refractivity contribution in [1.29, 1.82) is 0 Å². The number of rotatable bonds is 8. The van der Waals surface area contributed by atoms with Crippen molar-refractivity contribution in [3.05, 3.63) is 84.1 Å². The van der Waals surface area contributed by atoms with Gasteiger partial charge in [-0.2, -0.15) is 0 Å². The number of ether oxygens (including phenoxy) is 1. The number of nitrogens with one attached hydrogen (secondary N) is 2. The number of hydrogen-bond donors (Lipinski definition) is 2. The summed E-state index contributed by atoms with van der Waals surface area (Å²) in [6.45, 7) is 4.26. The van der Waals surface area contributed by atoms with E-state index in [4.69, 9.17) is 4.74 Å². The topological polar surface area (TPSA) is 76.4 Å². The standard InChI is InChI=1S/C25H27FN6O.HI/c1-18-31-22-6-3-4-7-23(22)32(18)15-5-13-29-25(27-2)30-17-19-12-14-28-24(16-19)33-21-10-8-20(26)9-11-21;/h3-4,6-12,14,16H,5,13,15,17H2,1-2H3,(H2,27,29,30);1H. The first-order chi connectivity index (χ1) is 16.1. The number of imidazole rings is 1. The molecule has 9 heteroatoms. The number of para-hydroxylation sites is 2. The zero-order valence-electron chi connectivity index (χ0n) is 19.2. The summed E-state index contributed by atoms with van der Waals surface area (Å²) in [5.74, 6) is 2.43. The molecule has 0 saturated carbocycles. The molecule has 2 aromatic heterocycles. The van der Waals surface area contributed by atoms with E-state index >= 15 is 0 Å². The smallest absolute Gasteiger partial charge is 0.219 e. The summed E-state index contributed by atoms with van der Waals surface area (Å²) in [4.78, 5) is 13.1. The second kappa shape index (κ2) is 12.3. The molecule has 0 aliphatic carbocycles. The summed E-state index contributed by atoms with van der Waals surface area (Å²) in [5, 5.41) is 6.66. The average Bonchev–Trinajstić information content (AvgIpc) is 3.15. The van der Waals surface area contributed by atoms with Crippen LogP contribution in [-0.4, -0.2) is 34.1 Å². The lowest BCUT2D eigenvalue weighted by Gasteiger charge is -2.13. The van der Waals surface area contributed by atoms with Gasteiger partial charge < -0.3 is 19.9 Å². The molecular formula is C25H28FIN6O. The summed E-state index contributed by atoms with van der Waals surface area (Å²) in [5.41, 5.74) is 3.18. The number of aryl methyl sites for hydroxylation is 2. The molecule has 0 amide bonds. The van der Waals surface area contributed by atoms with Gasteiger partial charge in [0, 0.05) is 38.9 Å². The van der Waals surface area contributed by atoms with Gasteiger partial charge in [0.15, 0.2) is 5.96 Å². The van der Waals surface area contributed by atoms with Crippen molar-refractivity contribution >= 4 is 41.0 Å². The van der Waals surface area contributed by atoms with E-state index in [1.807, 2.05) is 37.3 Å². The molecule has 34 heavy (non-hydrogen) atoms. The summed E-state index contributed by atoms with van der Waals surface area (Å²) in [6, 6.07) is 17.8. The maximum absolute atomic E-state index is 13.1. The zero-order valence-corrected chi connectivity index (χ0v) is 21.5. The van der Waals surface area contributed by atoms with E-state index in [0.717, 1.165) is 47.9 Å². The summed E-state index contributed by atoms with van der Waals surface area (Å²) in [7, 11) is 1.75. The minimum Gasteiger partial charge on any atom is -0.439 e. The molecule has 0 saturated heterocycles. The molecule has 0 unspecified atom stereocenters. The number of guanidine groups is 1. The fourth-order valence-corrected chi connectivity index (χ4v) is 3.57. The van der Waals surface area contributed by atoms with Gasteiger partial charge >= 0.3 is 0 Å². The van der Waals surface area contributed by atoms with Crippen molar-refractivity contribution in [3.8, 4) is 11.6 Å². The molecule has 7 nitrogen and oxygen atoms in total. The number of benzene rings is 2. The number of halogens is 2. The highest BCUT2D eigenvalue weighted by molar-refractivity contribution is 14.0. The summed E-state index contributed by atoms with van der Waals surface area (Å²) < 4.78 is 21.0. The van der Waals surface area contributed by atoms with Crippen LogP contribution in [0.1, 0.15) is 17.8 Å². The number of aromatic nitrogens is 3. The molecule has 0 spiro atoms. The molecule has 2 N–H and O–H groups in total. The second-order valence-corrected chi connectivity index (χ2v) is 7.56. The molecule has 0 bridgehead atoms. The maximum atomic E-state index is 13.1. The third-order valence-electron chi connectivity index (χ3n) is 5.22. The van der Waals surface area contributed by atoms with Gasteiger partial charge in [-0.3, -0.25) is 4.99 Å². The first-order valence-corrected chi connectivity index (χ1v) is 10.9. The molecule has 0 radical (unpaired) electrons. The lowest BCUT2D eigenvalue weighted by atomic mass is 10.2. The van der Waals surface area contributed by atoms with Crippen molar-refractivity contribution in [2.24, 2.45) is 4.99 Å². The Kier molecular flexibility index (Phi) is 9.20. The Morgan fingerprint density at radius 1 is 1.09 bits per heavy atom. The van der Waals surface area contributed by atoms with E-state index in [1.165, 1.54) is 12.1 Å². The molecule has 0 aliphatic rings. The Bertz CT molecular complexity index is 1240. The van der Waals surface area contributed by atoms with E-state index < -0.39 is 0 Å². The second-order valence-electron chi connectivity index (χ2n) is 7.56. The van der Waals surface area contributed by atoms with Crippen molar-refractivity contribution in [2.45, 2.75) is 26.4 Å². The summed E-state index contributed by atoms with van der Waals surface area (Å²) in [6.07, 6.45) is 2.62. The average molecular weight is 574 g/mol. The molecule has 178 valence electrons. The Morgan fingerprint density at radius 3 is 2.68 bits per heavy atom. The van der Waals surface area contributed by atoms with Crippen molar-refractivity contribution in [3.63, 3.8) is 0 Å². The van der Waals surface area contributed by atoms with E-state index in [1.54, 1.807) is 25.4 Å². The van der Waals surface area contributed by atoms with Crippen LogP contribution in [0.4, 0.5) is 4.39 Å². The predicted octanol–water partition coefficient (Wildman–Crippen LogP) is 5.04. The Morgan fingerprint density at radius 2 is 1.88 bits per heavy atom. The molecule has 2 aromatic carbocycles. The highest BCUT2D eigenvalue weighted by atomic mass is 127. The maximum Gasteiger partial charge on any atom is 0.219 e. The van der Waals surface area contributed by atoms with Gasteiger partial charge in [0.1, 0.15) is 17.4 Å². The third-order valence-corrected chi connectivity index (χ3v) is 5.22. The highest BCUT2D eigenvalue weighted by Gasteiger charge is 2.07. The van der Waals surface area contributed by atoms with Gasteiger partial charge in [0.2, 0.25) is 5.88 Å². The van der Waals surface area contributed by atoms with Crippen molar-refractivity contribution in [1.82, 2.24) is 25.2 Å². The first-order valence-electron chi connectivity index (χ1n) is 10.9. The first kappa shape index (κ1) is 25.4. The van der Waals surface area contributed by atoms with Crippen LogP contribution in [0.3, 0.4) is 0 Å². The van der Waals surface area contributed by atoms with Crippen LogP contribution >= 0.6 is 24.0 Å². The highest BCUT2D eigenvalue weighted by Crippen LogP contribution is 2.20. The largest absolute Gasteiger partial charge is 0.439 e. The number of aliphatic imine (C=N–C) groups is 1. The Hall–Kier alpha value is -3.21. The van der Waals surface area contributed by atoms with Gasteiger partial charge in [-0.05, 0) is 61.4 Å². The fraction of sp³-hybridized carbons (Fsp3) is 0.240. The van der Waals surface area contributed by atoms with Crippen molar-refractivity contribution < 1.29 is 9.13 Å². The number of pyridine rings is 1. The van der Waals surface area contributed by atoms with Crippen LogP contribution in [-0.2, 0) is 13.1 Å². The van der Waals surface area contributed by atoms with Crippen LogP contribution in [0.5, 0.6) is 11.6 Å². The number of fused-ring (bicyclic) bond motifs is 1.